The van der Waals surface area contributed by atoms with Crippen molar-refractivity contribution in [2.75, 3.05) is 11.4 Å². The molecule has 2 aliphatic rings. The van der Waals surface area contributed by atoms with Crippen LogP contribution in [0.25, 0.3) is 11.4 Å². The van der Waals surface area contributed by atoms with E-state index in [0.717, 1.165) is 24.1 Å². The molecule has 0 saturated carbocycles. The van der Waals surface area contributed by atoms with Crippen molar-refractivity contribution in [3.63, 3.8) is 0 Å². The average molecular weight is 387 g/mol. The number of rotatable bonds is 3. The summed E-state index contributed by atoms with van der Waals surface area (Å²) in [5.74, 6) is 1.22. The van der Waals surface area contributed by atoms with Crippen molar-refractivity contribution in [1.82, 2.24) is 10.1 Å². The summed E-state index contributed by atoms with van der Waals surface area (Å²) in [5.41, 5.74) is 7.18. The summed E-state index contributed by atoms with van der Waals surface area (Å²) >= 11 is 0. The number of carbonyl (C=O) groups is 1. The van der Waals surface area contributed by atoms with Crippen LogP contribution in [-0.4, -0.2) is 22.6 Å². The molecule has 2 heterocycles. The Kier molecular flexibility index (Phi) is 4.46. The lowest BCUT2D eigenvalue weighted by molar-refractivity contribution is -0.117. The van der Waals surface area contributed by atoms with Crippen molar-refractivity contribution in [3.8, 4) is 11.4 Å². The second-order valence-electron chi connectivity index (χ2n) is 8.28. The van der Waals surface area contributed by atoms with Crippen LogP contribution in [0.4, 0.5) is 5.69 Å². The molecule has 1 amide bonds. The van der Waals surface area contributed by atoms with Gasteiger partial charge in [-0.2, -0.15) is 4.98 Å². The van der Waals surface area contributed by atoms with Gasteiger partial charge in [-0.05, 0) is 73.9 Å². The van der Waals surface area contributed by atoms with Gasteiger partial charge in [0.25, 0.3) is 0 Å². The van der Waals surface area contributed by atoms with Crippen LogP contribution in [0.15, 0.2) is 40.9 Å². The zero-order valence-electron chi connectivity index (χ0n) is 16.9. The predicted octanol–water partition coefficient (Wildman–Crippen LogP) is 4.75. The molecule has 1 fully saturated rings. The summed E-state index contributed by atoms with van der Waals surface area (Å²) in [5, 5.41) is 4.18. The third-order valence-electron chi connectivity index (χ3n) is 6.34. The fourth-order valence-electron chi connectivity index (χ4n) is 4.52. The normalized spacial score (nSPS) is 18.9. The Labute approximate surface area is 170 Å². The van der Waals surface area contributed by atoms with E-state index >= 15 is 0 Å². The first-order chi connectivity index (χ1) is 14.1. The van der Waals surface area contributed by atoms with Crippen molar-refractivity contribution >= 4 is 11.6 Å². The summed E-state index contributed by atoms with van der Waals surface area (Å²) in [6.07, 6.45) is 5.00. The standard InChI is InChI=1S/C24H25N3O2/c1-15-10-11-18(12-16(15)2)23-25-24(29-26-23)19-13-22(28)27(14-19)21-9-5-7-17-6-3-4-8-20(17)21/h5,7,9-12,19H,3-4,6,8,13-14H2,1-2H3. The first kappa shape index (κ1) is 18.1. The smallest absolute Gasteiger partial charge is 0.232 e. The lowest BCUT2D eigenvalue weighted by Crippen LogP contribution is -2.26. The fraction of sp³-hybridized carbons (Fsp3) is 0.375. The van der Waals surface area contributed by atoms with E-state index in [4.69, 9.17) is 4.52 Å². The highest BCUT2D eigenvalue weighted by molar-refractivity contribution is 5.97. The van der Waals surface area contributed by atoms with Crippen LogP contribution in [0, 0.1) is 13.8 Å². The van der Waals surface area contributed by atoms with E-state index in [2.05, 4.69) is 54.3 Å². The number of fused-ring (bicyclic) bond motifs is 1. The SMILES string of the molecule is Cc1ccc(-c2noc(C3CC(=O)N(c4cccc5c4CCCC5)C3)n2)cc1C. The van der Waals surface area contributed by atoms with Gasteiger partial charge in [0.2, 0.25) is 17.6 Å². The Morgan fingerprint density at radius 3 is 2.79 bits per heavy atom. The van der Waals surface area contributed by atoms with Crippen molar-refractivity contribution in [2.45, 2.75) is 51.9 Å². The van der Waals surface area contributed by atoms with E-state index in [0.29, 0.717) is 24.7 Å². The predicted molar refractivity (Wildman–Crippen MR) is 112 cm³/mol. The fourth-order valence-corrected chi connectivity index (χ4v) is 4.52. The van der Waals surface area contributed by atoms with E-state index in [9.17, 15) is 4.79 Å². The Morgan fingerprint density at radius 1 is 1.07 bits per heavy atom. The minimum absolute atomic E-state index is 0.0604. The number of aryl methyl sites for hydroxylation is 3. The highest BCUT2D eigenvalue weighted by Gasteiger charge is 2.36. The first-order valence-corrected chi connectivity index (χ1v) is 10.4. The number of anilines is 1. The Morgan fingerprint density at radius 2 is 1.93 bits per heavy atom. The molecule has 0 bridgehead atoms. The third kappa shape index (κ3) is 3.24. The van der Waals surface area contributed by atoms with Crippen LogP contribution >= 0.6 is 0 Å². The number of amides is 1. The zero-order valence-corrected chi connectivity index (χ0v) is 16.9. The van der Waals surface area contributed by atoms with Crippen LogP contribution in [0.2, 0.25) is 0 Å². The molecule has 29 heavy (non-hydrogen) atoms. The number of carbonyl (C=O) groups excluding carboxylic acids is 1. The monoisotopic (exact) mass is 387 g/mol. The van der Waals surface area contributed by atoms with Gasteiger partial charge >= 0.3 is 0 Å². The number of aromatic nitrogens is 2. The Bertz CT molecular complexity index is 1090. The molecule has 1 saturated heterocycles. The van der Waals surface area contributed by atoms with Crippen molar-refractivity contribution in [1.29, 1.82) is 0 Å². The second-order valence-corrected chi connectivity index (χ2v) is 8.28. The number of hydrogen-bond acceptors (Lipinski definition) is 4. The summed E-state index contributed by atoms with van der Waals surface area (Å²) < 4.78 is 5.58. The molecule has 1 aliphatic heterocycles. The number of hydrogen-bond donors (Lipinski definition) is 0. The minimum atomic E-state index is -0.0604. The highest BCUT2D eigenvalue weighted by atomic mass is 16.5. The molecule has 1 unspecified atom stereocenters. The van der Waals surface area contributed by atoms with E-state index < -0.39 is 0 Å². The quantitative estimate of drug-likeness (QED) is 0.650. The van der Waals surface area contributed by atoms with Gasteiger partial charge in [0.1, 0.15) is 0 Å². The van der Waals surface area contributed by atoms with Gasteiger partial charge in [0, 0.05) is 24.2 Å². The van der Waals surface area contributed by atoms with Gasteiger partial charge < -0.3 is 9.42 Å². The van der Waals surface area contributed by atoms with E-state index in [1.807, 2.05) is 11.0 Å². The zero-order chi connectivity index (χ0) is 20.0. The van der Waals surface area contributed by atoms with Gasteiger partial charge in [-0.25, -0.2) is 0 Å². The van der Waals surface area contributed by atoms with Gasteiger partial charge in [-0.15, -0.1) is 0 Å². The molecule has 5 heteroatoms. The molecular formula is C24H25N3O2. The van der Waals surface area contributed by atoms with Crippen LogP contribution < -0.4 is 4.90 Å². The molecule has 0 spiro atoms. The number of nitrogens with zero attached hydrogens (tertiary/aromatic N) is 3. The summed E-state index contributed by atoms with van der Waals surface area (Å²) in [6, 6.07) is 12.5. The molecular weight excluding hydrogens is 362 g/mol. The Hall–Kier alpha value is -2.95. The first-order valence-electron chi connectivity index (χ1n) is 10.4. The van der Waals surface area contributed by atoms with Crippen molar-refractivity contribution < 1.29 is 9.32 Å². The molecule has 5 rings (SSSR count). The average Bonchev–Trinajstić information content (AvgIpc) is 3.37. The summed E-state index contributed by atoms with van der Waals surface area (Å²) in [4.78, 5) is 19.4. The maximum Gasteiger partial charge on any atom is 0.232 e. The molecule has 1 atom stereocenters. The molecule has 1 aliphatic carbocycles. The van der Waals surface area contributed by atoms with Crippen LogP contribution in [0.3, 0.4) is 0 Å². The lowest BCUT2D eigenvalue weighted by atomic mass is 9.90. The van der Waals surface area contributed by atoms with Gasteiger partial charge in [-0.3, -0.25) is 4.79 Å². The molecule has 2 aromatic carbocycles. The highest BCUT2D eigenvalue weighted by Crippen LogP contribution is 2.36. The maximum absolute atomic E-state index is 12.8. The van der Waals surface area contributed by atoms with Crippen LogP contribution in [-0.2, 0) is 17.6 Å². The molecule has 0 radical (unpaired) electrons. The molecule has 1 aromatic heterocycles. The lowest BCUT2D eigenvalue weighted by Gasteiger charge is -2.25. The van der Waals surface area contributed by atoms with Crippen molar-refractivity contribution in [2.24, 2.45) is 0 Å². The van der Waals surface area contributed by atoms with Gasteiger partial charge in [-0.1, -0.05) is 29.4 Å². The molecule has 3 aromatic rings. The second kappa shape index (κ2) is 7.14. The number of benzene rings is 2. The summed E-state index contributed by atoms with van der Waals surface area (Å²) in [7, 11) is 0. The molecule has 0 N–H and O–H groups in total. The Balaban J connectivity index is 1.40. The van der Waals surface area contributed by atoms with Gasteiger partial charge in [0.05, 0.1) is 5.92 Å². The minimum Gasteiger partial charge on any atom is -0.339 e. The van der Waals surface area contributed by atoms with Crippen molar-refractivity contribution in [3.05, 3.63) is 64.5 Å². The third-order valence-corrected chi connectivity index (χ3v) is 6.34. The maximum atomic E-state index is 12.8. The summed E-state index contributed by atoms with van der Waals surface area (Å²) in [6.45, 7) is 4.76. The molecule has 5 nitrogen and oxygen atoms in total. The van der Waals surface area contributed by atoms with E-state index in [1.54, 1.807) is 0 Å². The van der Waals surface area contributed by atoms with Gasteiger partial charge in [0.15, 0.2) is 0 Å². The van der Waals surface area contributed by atoms with Crippen LogP contribution in [0.1, 0.15) is 53.3 Å². The molecule has 148 valence electrons. The largest absolute Gasteiger partial charge is 0.339 e. The van der Waals surface area contributed by atoms with Crippen LogP contribution in [0.5, 0.6) is 0 Å². The van der Waals surface area contributed by atoms with E-state index in [-0.39, 0.29) is 11.8 Å². The topological polar surface area (TPSA) is 59.2 Å². The van der Waals surface area contributed by atoms with E-state index in [1.165, 1.54) is 35.1 Å².